The Balaban J connectivity index is 1.58. The standard InChI is InChI=1S/C23H28O3/c24-21-14-6-1-2-7-17-26-22-15-8-12-20(23(21)22)13-9-16-25-18-19-10-4-3-5-11-19/h3-5,8,10-12,15H,1-2,6-7,9,13-14,16-18H2. The molecular formula is C23H28O3. The molecule has 0 saturated heterocycles. The Bertz CT molecular complexity index is 694. The maximum absolute atomic E-state index is 12.7. The van der Waals surface area contributed by atoms with Crippen LogP contribution in [0.2, 0.25) is 0 Å². The number of hydrogen-bond acceptors (Lipinski definition) is 3. The van der Waals surface area contributed by atoms with E-state index in [1.807, 2.05) is 30.3 Å². The summed E-state index contributed by atoms with van der Waals surface area (Å²) in [5, 5.41) is 0. The maximum Gasteiger partial charge on any atom is 0.166 e. The second-order valence-electron chi connectivity index (χ2n) is 6.87. The van der Waals surface area contributed by atoms with Crippen LogP contribution in [0.1, 0.15) is 60.0 Å². The van der Waals surface area contributed by atoms with E-state index in [0.717, 1.165) is 55.4 Å². The van der Waals surface area contributed by atoms with Crippen molar-refractivity contribution in [2.24, 2.45) is 0 Å². The summed E-state index contributed by atoms with van der Waals surface area (Å²) in [7, 11) is 0. The van der Waals surface area contributed by atoms with Crippen LogP contribution in [0.3, 0.4) is 0 Å². The van der Waals surface area contributed by atoms with Gasteiger partial charge < -0.3 is 9.47 Å². The zero-order valence-electron chi connectivity index (χ0n) is 15.4. The molecule has 3 heteroatoms. The van der Waals surface area contributed by atoms with Gasteiger partial charge in [-0.15, -0.1) is 0 Å². The summed E-state index contributed by atoms with van der Waals surface area (Å²) in [4.78, 5) is 12.7. The fraction of sp³-hybridized carbons (Fsp3) is 0.435. The third kappa shape index (κ3) is 5.43. The van der Waals surface area contributed by atoms with E-state index in [9.17, 15) is 4.79 Å². The van der Waals surface area contributed by atoms with Crippen molar-refractivity contribution in [2.45, 2.75) is 51.6 Å². The summed E-state index contributed by atoms with van der Waals surface area (Å²) in [6, 6.07) is 16.2. The average molecular weight is 352 g/mol. The fourth-order valence-corrected chi connectivity index (χ4v) is 3.40. The van der Waals surface area contributed by atoms with E-state index in [1.165, 1.54) is 5.56 Å². The van der Waals surface area contributed by atoms with E-state index >= 15 is 0 Å². The summed E-state index contributed by atoms with van der Waals surface area (Å²) in [6.07, 6.45) is 6.65. The molecule has 2 aromatic rings. The Morgan fingerprint density at radius 2 is 1.77 bits per heavy atom. The highest BCUT2D eigenvalue weighted by molar-refractivity contribution is 6.00. The molecule has 0 fully saturated rings. The first-order chi connectivity index (χ1) is 12.8. The van der Waals surface area contributed by atoms with Gasteiger partial charge >= 0.3 is 0 Å². The number of rotatable bonds is 6. The van der Waals surface area contributed by atoms with Gasteiger partial charge in [-0.1, -0.05) is 55.3 Å². The molecule has 0 N–H and O–H groups in total. The van der Waals surface area contributed by atoms with Crippen LogP contribution in [0.25, 0.3) is 0 Å². The highest BCUT2D eigenvalue weighted by Gasteiger charge is 2.18. The van der Waals surface area contributed by atoms with Crippen molar-refractivity contribution in [1.82, 2.24) is 0 Å². The summed E-state index contributed by atoms with van der Waals surface area (Å²) >= 11 is 0. The lowest BCUT2D eigenvalue weighted by Gasteiger charge is -2.16. The Hall–Kier alpha value is -2.13. The Morgan fingerprint density at radius 3 is 2.65 bits per heavy atom. The van der Waals surface area contributed by atoms with Crippen LogP contribution >= 0.6 is 0 Å². The minimum absolute atomic E-state index is 0.225. The molecule has 0 unspecified atom stereocenters. The van der Waals surface area contributed by atoms with Gasteiger partial charge in [0.1, 0.15) is 5.75 Å². The molecule has 0 aliphatic carbocycles. The Morgan fingerprint density at radius 1 is 0.923 bits per heavy atom. The lowest BCUT2D eigenvalue weighted by molar-refractivity contribution is 0.0970. The molecule has 0 radical (unpaired) electrons. The number of fused-ring (bicyclic) bond motifs is 1. The van der Waals surface area contributed by atoms with Crippen LogP contribution in [0.5, 0.6) is 5.75 Å². The van der Waals surface area contributed by atoms with Gasteiger partial charge in [-0.2, -0.15) is 0 Å². The quantitative estimate of drug-likeness (QED) is 0.656. The molecule has 0 amide bonds. The van der Waals surface area contributed by atoms with E-state index in [0.29, 0.717) is 26.2 Å². The molecule has 0 saturated carbocycles. The second-order valence-corrected chi connectivity index (χ2v) is 6.87. The third-order valence-corrected chi connectivity index (χ3v) is 4.79. The topological polar surface area (TPSA) is 35.5 Å². The van der Waals surface area contributed by atoms with Gasteiger partial charge in [-0.3, -0.25) is 4.79 Å². The normalized spacial score (nSPS) is 15.2. The van der Waals surface area contributed by atoms with E-state index in [2.05, 4.69) is 18.2 Å². The SMILES string of the molecule is O=C1CCCCCCOc2cccc(CCCOCc3ccccc3)c21. The molecule has 0 aromatic heterocycles. The molecule has 3 rings (SSSR count). The first-order valence-corrected chi connectivity index (χ1v) is 9.74. The number of carbonyl (C=O) groups is 1. The van der Waals surface area contributed by atoms with Crippen LogP contribution in [-0.2, 0) is 17.8 Å². The van der Waals surface area contributed by atoms with Crippen molar-refractivity contribution >= 4 is 5.78 Å². The van der Waals surface area contributed by atoms with E-state index in [4.69, 9.17) is 9.47 Å². The van der Waals surface area contributed by atoms with Crippen molar-refractivity contribution < 1.29 is 14.3 Å². The van der Waals surface area contributed by atoms with Gasteiger partial charge in [0.25, 0.3) is 0 Å². The van der Waals surface area contributed by atoms with Crippen molar-refractivity contribution in [3.63, 3.8) is 0 Å². The molecule has 0 spiro atoms. The lowest BCUT2D eigenvalue weighted by Crippen LogP contribution is -2.11. The zero-order valence-corrected chi connectivity index (χ0v) is 15.4. The Kier molecular flexibility index (Phi) is 7.26. The minimum Gasteiger partial charge on any atom is -0.493 e. The number of ether oxygens (including phenoxy) is 2. The van der Waals surface area contributed by atoms with Gasteiger partial charge in [0, 0.05) is 13.0 Å². The minimum atomic E-state index is 0.225. The van der Waals surface area contributed by atoms with Crippen molar-refractivity contribution in [1.29, 1.82) is 0 Å². The fourth-order valence-electron chi connectivity index (χ4n) is 3.40. The van der Waals surface area contributed by atoms with Crippen molar-refractivity contribution in [3.8, 4) is 5.75 Å². The first kappa shape index (κ1) is 18.7. The maximum atomic E-state index is 12.7. The predicted octanol–water partition coefficient (Wildman–Crippen LogP) is 5.36. The lowest BCUT2D eigenvalue weighted by atomic mass is 9.95. The van der Waals surface area contributed by atoms with Crippen molar-refractivity contribution in [2.75, 3.05) is 13.2 Å². The highest BCUT2D eigenvalue weighted by Crippen LogP contribution is 2.27. The van der Waals surface area contributed by atoms with E-state index in [-0.39, 0.29) is 5.78 Å². The van der Waals surface area contributed by atoms with Gasteiger partial charge in [-0.25, -0.2) is 0 Å². The number of hydrogen-bond donors (Lipinski definition) is 0. The van der Waals surface area contributed by atoms with Crippen LogP contribution in [0, 0.1) is 0 Å². The summed E-state index contributed by atoms with van der Waals surface area (Å²) in [6.45, 7) is 2.02. The van der Waals surface area contributed by atoms with Crippen molar-refractivity contribution in [3.05, 3.63) is 65.2 Å². The molecule has 26 heavy (non-hydrogen) atoms. The number of Topliss-reactive ketones (excluding diaryl/α,β-unsaturated/α-hetero) is 1. The van der Waals surface area contributed by atoms with Crippen LogP contribution in [0.15, 0.2) is 48.5 Å². The number of carbonyl (C=O) groups excluding carboxylic acids is 1. The largest absolute Gasteiger partial charge is 0.493 e. The van der Waals surface area contributed by atoms with Crippen LogP contribution in [-0.4, -0.2) is 19.0 Å². The molecule has 1 heterocycles. The second kappa shape index (κ2) is 10.1. The molecular weight excluding hydrogens is 324 g/mol. The zero-order chi connectivity index (χ0) is 18.0. The third-order valence-electron chi connectivity index (χ3n) is 4.79. The predicted molar refractivity (Wildman–Crippen MR) is 104 cm³/mol. The smallest absolute Gasteiger partial charge is 0.166 e. The molecule has 138 valence electrons. The number of benzene rings is 2. The first-order valence-electron chi connectivity index (χ1n) is 9.74. The van der Waals surface area contributed by atoms with Gasteiger partial charge in [0.05, 0.1) is 18.8 Å². The number of ketones is 1. The van der Waals surface area contributed by atoms with Gasteiger partial charge in [0.15, 0.2) is 5.78 Å². The van der Waals surface area contributed by atoms with Crippen LogP contribution in [0.4, 0.5) is 0 Å². The molecule has 3 nitrogen and oxygen atoms in total. The summed E-state index contributed by atoms with van der Waals surface area (Å²) in [5.74, 6) is 0.988. The highest BCUT2D eigenvalue weighted by atomic mass is 16.5. The van der Waals surface area contributed by atoms with Gasteiger partial charge in [0.2, 0.25) is 0 Å². The summed E-state index contributed by atoms with van der Waals surface area (Å²) in [5.41, 5.74) is 3.09. The molecule has 0 bridgehead atoms. The molecule has 0 atom stereocenters. The average Bonchev–Trinajstić information content (AvgIpc) is 2.67. The van der Waals surface area contributed by atoms with Crippen LogP contribution < -0.4 is 4.74 Å². The van der Waals surface area contributed by atoms with E-state index in [1.54, 1.807) is 0 Å². The Labute approximate surface area is 156 Å². The number of aryl methyl sites for hydroxylation is 1. The monoisotopic (exact) mass is 352 g/mol. The molecule has 1 aliphatic heterocycles. The van der Waals surface area contributed by atoms with Gasteiger partial charge in [-0.05, 0) is 42.9 Å². The molecule has 2 aromatic carbocycles. The summed E-state index contributed by atoms with van der Waals surface area (Å²) < 4.78 is 11.7. The molecule has 1 aliphatic rings. The van der Waals surface area contributed by atoms with E-state index < -0.39 is 0 Å².